The second-order valence-corrected chi connectivity index (χ2v) is 18.1. The monoisotopic (exact) mass is 737 g/mol. The first-order chi connectivity index (χ1) is 24.3. The minimum absolute atomic E-state index is 0.000513. The number of amides is 5. The molecule has 1 aromatic rings. The van der Waals surface area contributed by atoms with Crippen molar-refractivity contribution < 1.29 is 32.4 Å². The zero-order chi connectivity index (χ0) is 38.9. The lowest BCUT2D eigenvalue weighted by Crippen LogP contribution is -2.63. The highest BCUT2D eigenvalue weighted by atomic mass is 32.2. The molecule has 0 radical (unpaired) electrons. The number of benzene rings is 1. The Morgan fingerprint density at radius 1 is 0.942 bits per heavy atom. The third kappa shape index (κ3) is 10.8. The van der Waals surface area contributed by atoms with Gasteiger partial charge in [0.1, 0.15) is 12.1 Å². The fourth-order valence-corrected chi connectivity index (χ4v) is 9.06. The second kappa shape index (κ2) is 17.4. The molecular weight excluding hydrogens is 683 g/mol. The Balaban J connectivity index is 1.90. The molecule has 1 aliphatic heterocycles. The van der Waals surface area contributed by atoms with Gasteiger partial charge in [0.25, 0.3) is 5.91 Å². The van der Waals surface area contributed by atoms with Crippen molar-refractivity contribution >= 4 is 39.4 Å². The average molecular weight is 738 g/mol. The van der Waals surface area contributed by atoms with E-state index >= 15 is 0 Å². The molecule has 0 bridgehead atoms. The van der Waals surface area contributed by atoms with E-state index in [0.717, 1.165) is 19.3 Å². The number of likely N-dealkylation sites (tertiary alicyclic amines) is 1. The first-order valence-electron chi connectivity index (χ1n) is 17.9. The summed E-state index contributed by atoms with van der Waals surface area (Å²) < 4.78 is 27.0. The van der Waals surface area contributed by atoms with Gasteiger partial charge in [-0.15, -0.1) is 18.8 Å². The summed E-state index contributed by atoms with van der Waals surface area (Å²) in [4.78, 5) is 69.8. The van der Waals surface area contributed by atoms with Crippen LogP contribution in [0.4, 0.5) is 4.79 Å². The Bertz CT molecular complexity index is 1660. The topological polar surface area (TPSA) is 171 Å². The Morgan fingerprint density at radius 3 is 2.13 bits per heavy atom. The SMILES string of the molecule is C#CCCC(NC(=O)C1C(C(C)(C)C)CCN1C(=O)[C@@H](NC(=O)NC1(CS(=O)(=O)c2ccccc2)CCCCC1)C(C)(C)C)C(=O)C(=O)NCC#C. The van der Waals surface area contributed by atoms with Gasteiger partial charge in [-0.1, -0.05) is 84.9 Å². The summed E-state index contributed by atoms with van der Waals surface area (Å²) in [6.45, 7) is 11.3. The number of carbonyl (C=O) groups excluding carboxylic acids is 5. The zero-order valence-corrected chi connectivity index (χ0v) is 32.2. The molecule has 284 valence electrons. The molecule has 1 saturated heterocycles. The summed E-state index contributed by atoms with van der Waals surface area (Å²) in [6, 6.07) is 4.06. The number of hydrogen-bond acceptors (Lipinski definition) is 7. The minimum Gasteiger partial charge on any atom is -0.344 e. The molecule has 1 aromatic carbocycles. The number of rotatable bonds is 13. The fraction of sp³-hybridized carbons (Fsp3) is 0.615. The highest BCUT2D eigenvalue weighted by Gasteiger charge is 2.50. The van der Waals surface area contributed by atoms with Gasteiger partial charge in [-0.05, 0) is 54.6 Å². The average Bonchev–Trinajstić information content (AvgIpc) is 3.54. The molecule has 12 nitrogen and oxygen atoms in total. The molecule has 0 aromatic heterocycles. The number of urea groups is 1. The van der Waals surface area contributed by atoms with Crippen molar-refractivity contribution in [2.45, 2.75) is 121 Å². The molecule has 0 spiro atoms. The number of sulfone groups is 1. The van der Waals surface area contributed by atoms with Gasteiger partial charge in [0.05, 0.1) is 28.8 Å². The Morgan fingerprint density at radius 2 is 1.58 bits per heavy atom. The number of ketones is 1. The van der Waals surface area contributed by atoms with Gasteiger partial charge in [0, 0.05) is 13.0 Å². The van der Waals surface area contributed by atoms with Crippen molar-refractivity contribution in [3.63, 3.8) is 0 Å². The van der Waals surface area contributed by atoms with E-state index in [1.165, 1.54) is 17.0 Å². The van der Waals surface area contributed by atoms with Crippen LogP contribution in [0, 0.1) is 41.4 Å². The molecule has 1 heterocycles. The first-order valence-corrected chi connectivity index (χ1v) is 19.6. The summed E-state index contributed by atoms with van der Waals surface area (Å²) in [5.74, 6) is 1.07. The third-order valence-electron chi connectivity index (χ3n) is 9.99. The summed E-state index contributed by atoms with van der Waals surface area (Å²) in [5, 5.41) is 10.9. The van der Waals surface area contributed by atoms with Crippen LogP contribution in [0.2, 0.25) is 0 Å². The van der Waals surface area contributed by atoms with Crippen molar-refractivity contribution in [1.29, 1.82) is 0 Å². The summed E-state index contributed by atoms with van der Waals surface area (Å²) >= 11 is 0. The lowest BCUT2D eigenvalue weighted by Gasteiger charge is -2.40. The molecule has 3 rings (SSSR count). The number of hydrogen-bond donors (Lipinski definition) is 4. The zero-order valence-electron chi connectivity index (χ0n) is 31.3. The molecule has 3 unspecified atom stereocenters. The first kappa shape index (κ1) is 42.1. The molecule has 1 saturated carbocycles. The molecule has 2 aliphatic rings. The standard InChI is InChI=1S/C39H55N5O7S/c1-9-11-20-29(31(45)34(47)40-24-10-2)41-33(46)30-28(37(3,4)5)21-25-44(30)35(48)32(38(6,7)8)42-36(49)43-39(22-16-13-17-23-39)26-52(50,51)27-18-14-12-15-19-27/h1-2,12,14-15,18-19,28-30,32H,11,13,16-17,20-26H2,3-8H3,(H,40,47)(H,41,46)(H2,42,43,49)/t28?,29?,30?,32-/m1/s1. The highest BCUT2D eigenvalue weighted by Crippen LogP contribution is 2.40. The molecule has 13 heteroatoms. The van der Waals surface area contributed by atoms with E-state index in [9.17, 15) is 32.4 Å². The van der Waals surface area contributed by atoms with Crippen molar-refractivity contribution in [3.05, 3.63) is 30.3 Å². The molecule has 5 amide bonds. The lowest BCUT2D eigenvalue weighted by atomic mass is 9.75. The number of terminal acetylenes is 2. The largest absolute Gasteiger partial charge is 0.344 e. The second-order valence-electron chi connectivity index (χ2n) is 16.1. The Labute approximate surface area is 309 Å². The van der Waals surface area contributed by atoms with Crippen LogP contribution in [-0.2, 0) is 29.0 Å². The van der Waals surface area contributed by atoms with E-state index in [4.69, 9.17) is 12.8 Å². The highest BCUT2D eigenvalue weighted by molar-refractivity contribution is 7.91. The van der Waals surface area contributed by atoms with Crippen LogP contribution >= 0.6 is 0 Å². The summed E-state index contributed by atoms with van der Waals surface area (Å²) in [6.07, 6.45) is 14.5. The van der Waals surface area contributed by atoms with Crippen molar-refractivity contribution in [3.8, 4) is 24.7 Å². The van der Waals surface area contributed by atoms with Crippen LogP contribution in [0.1, 0.15) is 92.9 Å². The van der Waals surface area contributed by atoms with Gasteiger partial charge in [-0.25, -0.2) is 13.2 Å². The van der Waals surface area contributed by atoms with Crippen molar-refractivity contribution in [1.82, 2.24) is 26.2 Å². The van der Waals surface area contributed by atoms with Crippen LogP contribution in [0.15, 0.2) is 35.2 Å². The fourth-order valence-electron chi connectivity index (χ4n) is 7.23. The minimum atomic E-state index is -3.75. The summed E-state index contributed by atoms with van der Waals surface area (Å²) in [5.41, 5.74) is -2.31. The maximum atomic E-state index is 14.6. The number of nitrogens with zero attached hydrogens (tertiary/aromatic N) is 1. The summed E-state index contributed by atoms with van der Waals surface area (Å²) in [7, 11) is -3.75. The van der Waals surface area contributed by atoms with E-state index in [1.54, 1.807) is 39.0 Å². The maximum absolute atomic E-state index is 14.6. The van der Waals surface area contributed by atoms with E-state index in [-0.39, 0.29) is 42.5 Å². The molecule has 4 N–H and O–H groups in total. The van der Waals surface area contributed by atoms with Gasteiger partial charge in [0.15, 0.2) is 9.84 Å². The predicted molar refractivity (Wildman–Crippen MR) is 199 cm³/mol. The van der Waals surface area contributed by atoms with Crippen LogP contribution in [0.5, 0.6) is 0 Å². The van der Waals surface area contributed by atoms with E-state index in [2.05, 4.69) is 33.1 Å². The molecule has 4 atom stereocenters. The van der Waals surface area contributed by atoms with Crippen LogP contribution in [0.3, 0.4) is 0 Å². The molecule has 1 aliphatic carbocycles. The molecule has 2 fully saturated rings. The van der Waals surface area contributed by atoms with Crippen LogP contribution < -0.4 is 21.3 Å². The number of nitrogens with one attached hydrogen (secondary N) is 4. The Hall–Kier alpha value is -4.36. The van der Waals surface area contributed by atoms with Crippen molar-refractivity contribution in [2.75, 3.05) is 18.8 Å². The number of carbonyl (C=O) groups is 5. The van der Waals surface area contributed by atoms with Gasteiger partial charge >= 0.3 is 6.03 Å². The third-order valence-corrected chi connectivity index (χ3v) is 11.9. The van der Waals surface area contributed by atoms with Gasteiger partial charge < -0.3 is 26.2 Å². The lowest BCUT2D eigenvalue weighted by molar-refractivity contribution is -0.145. The predicted octanol–water partition coefficient (Wildman–Crippen LogP) is 3.36. The van der Waals surface area contributed by atoms with Gasteiger partial charge in [0.2, 0.25) is 17.6 Å². The van der Waals surface area contributed by atoms with Crippen LogP contribution in [-0.4, -0.2) is 85.4 Å². The normalized spacial score (nSPS) is 20.0. The maximum Gasteiger partial charge on any atom is 0.315 e. The smallest absolute Gasteiger partial charge is 0.315 e. The quantitative estimate of drug-likeness (QED) is 0.178. The Kier molecular flexibility index (Phi) is 14.1. The van der Waals surface area contributed by atoms with Gasteiger partial charge in [-0.2, -0.15) is 0 Å². The van der Waals surface area contributed by atoms with E-state index in [1.807, 2.05) is 20.8 Å². The van der Waals surface area contributed by atoms with Crippen molar-refractivity contribution in [2.24, 2.45) is 16.7 Å². The molecule has 52 heavy (non-hydrogen) atoms. The van der Waals surface area contributed by atoms with E-state index < -0.39 is 73.9 Å². The van der Waals surface area contributed by atoms with Crippen LogP contribution in [0.25, 0.3) is 0 Å². The van der Waals surface area contributed by atoms with Gasteiger partial charge in [-0.3, -0.25) is 19.2 Å². The molecular formula is C39H55N5O7S. The number of Topliss-reactive ketones (excluding diaryl/α,β-unsaturated/α-hetero) is 1. The van der Waals surface area contributed by atoms with E-state index in [0.29, 0.717) is 19.3 Å².